The predicted molar refractivity (Wildman–Crippen MR) is 55.0 cm³/mol. The van der Waals surface area contributed by atoms with Gasteiger partial charge in [-0.15, -0.1) is 0 Å². The minimum absolute atomic E-state index is 0.0291. The Balaban J connectivity index is 2.39. The van der Waals surface area contributed by atoms with E-state index in [0.29, 0.717) is 5.56 Å². The molecule has 0 atom stereocenters. The number of fused-ring (bicyclic) bond motifs is 1. The van der Waals surface area contributed by atoms with E-state index < -0.39 is 17.8 Å². The zero-order chi connectivity index (χ0) is 13.3. The molecule has 4 nitrogen and oxygen atoms in total. The number of hydrogen-bond acceptors (Lipinski definition) is 3. The second kappa shape index (κ2) is 4.32. The van der Waals surface area contributed by atoms with Crippen LogP contribution in [0.3, 0.4) is 0 Å². The summed E-state index contributed by atoms with van der Waals surface area (Å²) in [6, 6.07) is 4.14. The lowest BCUT2D eigenvalue weighted by Gasteiger charge is -2.02. The number of carboxylic acid groups (broad SMARTS) is 1. The lowest BCUT2D eigenvalue weighted by atomic mass is 10.1. The summed E-state index contributed by atoms with van der Waals surface area (Å²) in [6.45, 7) is 0. The number of nitrogens with zero attached hydrogens (tertiary/aromatic N) is 1. The first kappa shape index (κ1) is 12.4. The van der Waals surface area contributed by atoms with E-state index >= 15 is 0 Å². The van der Waals surface area contributed by atoms with Crippen LogP contribution in [0.1, 0.15) is 17.7 Å². The molecule has 18 heavy (non-hydrogen) atoms. The summed E-state index contributed by atoms with van der Waals surface area (Å²) < 4.78 is 42.3. The minimum atomic E-state index is -4.59. The number of carbonyl (C=O) groups is 1. The maximum atomic E-state index is 12.6. The number of halogens is 3. The van der Waals surface area contributed by atoms with E-state index in [4.69, 9.17) is 5.11 Å². The van der Waals surface area contributed by atoms with Gasteiger partial charge in [0.05, 0.1) is 5.39 Å². The molecule has 2 rings (SSSR count). The Bertz CT molecular complexity index is 589. The largest absolute Gasteiger partial charge is 0.481 e. The molecule has 0 aliphatic carbocycles. The van der Waals surface area contributed by atoms with E-state index in [1.165, 1.54) is 18.2 Å². The Labute approximate surface area is 99.0 Å². The van der Waals surface area contributed by atoms with Crippen LogP contribution in [0.2, 0.25) is 0 Å². The van der Waals surface area contributed by atoms with Crippen molar-refractivity contribution >= 4 is 16.9 Å². The number of aliphatic carboxylic acids is 1. The number of rotatable bonds is 3. The van der Waals surface area contributed by atoms with Gasteiger partial charge in [-0.05, 0) is 24.1 Å². The first-order valence-electron chi connectivity index (χ1n) is 5.05. The molecule has 0 aliphatic rings. The number of hydrogen-bond donors (Lipinski definition) is 1. The van der Waals surface area contributed by atoms with Crippen molar-refractivity contribution in [1.82, 2.24) is 5.16 Å². The third-order valence-electron chi connectivity index (χ3n) is 2.43. The molecule has 0 bridgehead atoms. The van der Waals surface area contributed by atoms with Crippen LogP contribution in [-0.4, -0.2) is 16.2 Å². The van der Waals surface area contributed by atoms with Gasteiger partial charge in [-0.3, -0.25) is 4.79 Å². The monoisotopic (exact) mass is 259 g/mol. The Morgan fingerprint density at radius 1 is 1.39 bits per heavy atom. The third kappa shape index (κ3) is 2.44. The number of alkyl halides is 3. The highest BCUT2D eigenvalue weighted by Gasteiger charge is 2.37. The predicted octanol–water partition coefficient (Wildman–Crippen LogP) is 2.86. The van der Waals surface area contributed by atoms with Crippen LogP contribution in [0, 0.1) is 0 Å². The van der Waals surface area contributed by atoms with E-state index in [-0.39, 0.29) is 23.8 Å². The minimum Gasteiger partial charge on any atom is -0.481 e. The highest BCUT2D eigenvalue weighted by atomic mass is 19.4. The summed E-state index contributed by atoms with van der Waals surface area (Å²) >= 11 is 0. The summed E-state index contributed by atoms with van der Waals surface area (Å²) in [5, 5.41) is 11.4. The highest BCUT2D eigenvalue weighted by molar-refractivity contribution is 5.80. The van der Waals surface area contributed by atoms with Crippen molar-refractivity contribution in [3.8, 4) is 0 Å². The second-order valence-electron chi connectivity index (χ2n) is 3.75. The molecule has 0 unspecified atom stereocenters. The molecular weight excluding hydrogens is 251 g/mol. The molecule has 1 heterocycles. The van der Waals surface area contributed by atoms with Gasteiger partial charge in [0.15, 0.2) is 11.3 Å². The van der Waals surface area contributed by atoms with Crippen LogP contribution < -0.4 is 0 Å². The molecule has 2 aromatic rings. The zero-order valence-electron chi connectivity index (χ0n) is 8.99. The fourth-order valence-corrected chi connectivity index (χ4v) is 1.60. The maximum absolute atomic E-state index is 12.6. The highest BCUT2D eigenvalue weighted by Crippen LogP contribution is 2.34. The van der Waals surface area contributed by atoms with Crippen molar-refractivity contribution in [3.63, 3.8) is 0 Å². The van der Waals surface area contributed by atoms with Crippen molar-refractivity contribution in [1.29, 1.82) is 0 Å². The number of benzene rings is 1. The molecule has 0 fully saturated rings. The third-order valence-corrected chi connectivity index (χ3v) is 2.43. The van der Waals surface area contributed by atoms with Gasteiger partial charge in [0.1, 0.15) is 0 Å². The lowest BCUT2D eigenvalue weighted by molar-refractivity contribution is -0.141. The summed E-state index contributed by atoms with van der Waals surface area (Å²) in [4.78, 5) is 10.4. The normalized spacial score (nSPS) is 11.9. The van der Waals surface area contributed by atoms with E-state index in [0.717, 1.165) is 0 Å². The molecule has 7 heteroatoms. The van der Waals surface area contributed by atoms with Crippen LogP contribution in [0.5, 0.6) is 0 Å². The topological polar surface area (TPSA) is 63.3 Å². The fraction of sp³-hybridized carbons (Fsp3) is 0.273. The fourth-order valence-electron chi connectivity index (χ4n) is 1.60. The molecule has 0 spiro atoms. The number of carboxylic acids is 1. The Hall–Kier alpha value is -2.05. The average Bonchev–Trinajstić information content (AvgIpc) is 2.68. The van der Waals surface area contributed by atoms with Crippen molar-refractivity contribution in [2.24, 2.45) is 0 Å². The second-order valence-corrected chi connectivity index (χ2v) is 3.75. The smallest absolute Gasteiger partial charge is 0.437 e. The summed E-state index contributed by atoms with van der Waals surface area (Å²) in [7, 11) is 0. The molecule has 1 aromatic carbocycles. The quantitative estimate of drug-likeness (QED) is 0.920. The van der Waals surface area contributed by atoms with Gasteiger partial charge in [0.25, 0.3) is 0 Å². The summed E-state index contributed by atoms with van der Waals surface area (Å²) in [6.07, 6.45) is -4.57. The van der Waals surface area contributed by atoms with Crippen molar-refractivity contribution < 1.29 is 27.6 Å². The van der Waals surface area contributed by atoms with Crippen LogP contribution >= 0.6 is 0 Å². The molecule has 0 saturated heterocycles. The molecule has 1 N–H and O–H groups in total. The molecule has 0 amide bonds. The van der Waals surface area contributed by atoms with Gasteiger partial charge >= 0.3 is 12.1 Å². The van der Waals surface area contributed by atoms with E-state index in [9.17, 15) is 18.0 Å². The Morgan fingerprint density at radius 3 is 2.72 bits per heavy atom. The van der Waals surface area contributed by atoms with Crippen molar-refractivity contribution in [3.05, 3.63) is 29.5 Å². The first-order valence-corrected chi connectivity index (χ1v) is 5.05. The number of aromatic nitrogens is 1. The van der Waals surface area contributed by atoms with Gasteiger partial charge in [-0.25, -0.2) is 0 Å². The lowest BCUT2D eigenvalue weighted by Crippen LogP contribution is -2.05. The summed E-state index contributed by atoms with van der Waals surface area (Å²) in [5.41, 5.74) is -0.560. The van der Waals surface area contributed by atoms with E-state index in [2.05, 4.69) is 9.68 Å². The van der Waals surface area contributed by atoms with Crippen molar-refractivity contribution in [2.45, 2.75) is 19.0 Å². The van der Waals surface area contributed by atoms with Gasteiger partial charge in [-0.2, -0.15) is 13.2 Å². The van der Waals surface area contributed by atoms with Crippen LogP contribution in [0.15, 0.2) is 22.7 Å². The standard InChI is InChI=1S/C11H8F3NO3/c12-11(13,14)10-7-5-6(2-4-9(16)17)1-3-8(7)18-15-10/h1,3,5H,2,4H2,(H,16,17). The molecule has 96 valence electrons. The van der Waals surface area contributed by atoms with Gasteiger partial charge in [0, 0.05) is 6.42 Å². The van der Waals surface area contributed by atoms with Crippen LogP contribution in [-0.2, 0) is 17.4 Å². The van der Waals surface area contributed by atoms with Gasteiger partial charge in [0.2, 0.25) is 0 Å². The summed E-state index contributed by atoms with van der Waals surface area (Å²) in [5.74, 6) is -1.00. The molecule has 0 saturated carbocycles. The maximum Gasteiger partial charge on any atom is 0.437 e. The zero-order valence-corrected chi connectivity index (χ0v) is 8.99. The van der Waals surface area contributed by atoms with E-state index in [1.807, 2.05) is 0 Å². The molecule has 0 aliphatic heterocycles. The SMILES string of the molecule is O=C(O)CCc1ccc2onc(C(F)(F)F)c2c1. The van der Waals surface area contributed by atoms with Crippen molar-refractivity contribution in [2.75, 3.05) is 0 Å². The van der Waals surface area contributed by atoms with E-state index in [1.54, 1.807) is 0 Å². The first-order chi connectivity index (χ1) is 8.38. The average molecular weight is 259 g/mol. The van der Waals surface area contributed by atoms with Crippen LogP contribution in [0.25, 0.3) is 11.0 Å². The Morgan fingerprint density at radius 2 is 2.11 bits per heavy atom. The van der Waals surface area contributed by atoms with Gasteiger partial charge < -0.3 is 9.63 Å². The van der Waals surface area contributed by atoms with Crippen LogP contribution in [0.4, 0.5) is 13.2 Å². The molecule has 1 aromatic heterocycles. The Kier molecular flexibility index (Phi) is 2.98. The molecular formula is C11H8F3NO3. The molecule has 0 radical (unpaired) electrons. The number of aryl methyl sites for hydroxylation is 1. The van der Waals surface area contributed by atoms with Gasteiger partial charge in [-0.1, -0.05) is 11.2 Å².